The molecule has 0 aliphatic carbocycles. The van der Waals surface area contributed by atoms with Crippen molar-refractivity contribution in [2.75, 3.05) is 26.3 Å². The number of hydrogen-bond acceptors (Lipinski definition) is 5. The predicted molar refractivity (Wildman–Crippen MR) is 95.3 cm³/mol. The summed E-state index contributed by atoms with van der Waals surface area (Å²) in [6, 6.07) is 9.07. The van der Waals surface area contributed by atoms with Gasteiger partial charge in [-0.05, 0) is 49.9 Å². The number of ether oxygens (including phenoxy) is 2. The largest absolute Gasteiger partial charge is 0.476 e. The van der Waals surface area contributed by atoms with Crippen molar-refractivity contribution in [3.63, 3.8) is 0 Å². The van der Waals surface area contributed by atoms with E-state index in [1.807, 2.05) is 13.0 Å². The molecule has 0 radical (unpaired) electrons. The normalized spacial score (nSPS) is 21.7. The Hall–Kier alpha value is -2.05. The first kappa shape index (κ1) is 17.4. The van der Waals surface area contributed by atoms with Crippen molar-refractivity contribution in [2.45, 2.75) is 31.9 Å². The molecule has 0 bridgehead atoms. The number of likely N-dealkylation sites (tertiary alicyclic amines) is 1. The first-order chi connectivity index (χ1) is 12.6. The molecule has 2 aliphatic rings. The third kappa shape index (κ3) is 3.57. The standard InChI is InChI=1S/C20H24FN3O2/c1-15-4-2-5-17(23-15)12-24-13-20(14-24)16(8-11-26-20)7-10-25-19-18(21)6-3-9-22-19/h2-6,9,16H,7-8,10-14H2,1H3/t16-/m0/s1. The van der Waals surface area contributed by atoms with Crippen LogP contribution in [0.25, 0.3) is 0 Å². The van der Waals surface area contributed by atoms with E-state index in [0.29, 0.717) is 12.5 Å². The van der Waals surface area contributed by atoms with Gasteiger partial charge in [-0.1, -0.05) is 6.07 Å². The summed E-state index contributed by atoms with van der Waals surface area (Å²) < 4.78 is 25.2. The van der Waals surface area contributed by atoms with E-state index >= 15 is 0 Å². The van der Waals surface area contributed by atoms with Crippen LogP contribution in [0, 0.1) is 18.7 Å². The van der Waals surface area contributed by atoms with Gasteiger partial charge in [-0.15, -0.1) is 0 Å². The Morgan fingerprint density at radius 1 is 1.31 bits per heavy atom. The second-order valence-electron chi connectivity index (χ2n) is 7.24. The smallest absolute Gasteiger partial charge is 0.250 e. The SMILES string of the molecule is Cc1cccc(CN2CC3(C2)OCC[C@@H]3CCOc2ncccc2F)n1. The Balaban J connectivity index is 1.28. The molecular formula is C20H24FN3O2. The van der Waals surface area contributed by atoms with Crippen LogP contribution in [0.1, 0.15) is 24.2 Å². The van der Waals surface area contributed by atoms with E-state index in [9.17, 15) is 4.39 Å². The zero-order valence-electron chi connectivity index (χ0n) is 15.0. The molecule has 0 aromatic carbocycles. The van der Waals surface area contributed by atoms with Crippen LogP contribution < -0.4 is 4.74 Å². The van der Waals surface area contributed by atoms with Gasteiger partial charge in [-0.3, -0.25) is 9.88 Å². The predicted octanol–water partition coefficient (Wildman–Crippen LogP) is 2.98. The number of nitrogens with zero attached hydrogens (tertiary/aromatic N) is 3. The molecule has 2 fully saturated rings. The average Bonchev–Trinajstić information content (AvgIpc) is 3.00. The monoisotopic (exact) mass is 357 g/mol. The highest BCUT2D eigenvalue weighted by molar-refractivity contribution is 5.14. The minimum Gasteiger partial charge on any atom is -0.476 e. The van der Waals surface area contributed by atoms with Crippen LogP contribution in [-0.2, 0) is 11.3 Å². The number of rotatable bonds is 6. The van der Waals surface area contributed by atoms with Crippen molar-refractivity contribution in [2.24, 2.45) is 5.92 Å². The van der Waals surface area contributed by atoms with Gasteiger partial charge < -0.3 is 9.47 Å². The van der Waals surface area contributed by atoms with E-state index < -0.39 is 5.82 Å². The first-order valence-corrected chi connectivity index (χ1v) is 9.17. The fourth-order valence-electron chi connectivity index (χ4n) is 4.06. The van der Waals surface area contributed by atoms with Gasteiger partial charge in [-0.2, -0.15) is 0 Å². The van der Waals surface area contributed by atoms with Gasteiger partial charge in [0.25, 0.3) is 0 Å². The maximum atomic E-state index is 13.6. The van der Waals surface area contributed by atoms with Crippen molar-refractivity contribution >= 4 is 0 Å². The maximum absolute atomic E-state index is 13.6. The van der Waals surface area contributed by atoms with Crippen LogP contribution in [-0.4, -0.2) is 46.8 Å². The summed E-state index contributed by atoms with van der Waals surface area (Å²) in [4.78, 5) is 10.9. The first-order valence-electron chi connectivity index (χ1n) is 9.17. The maximum Gasteiger partial charge on any atom is 0.250 e. The molecule has 0 amide bonds. The summed E-state index contributed by atoms with van der Waals surface area (Å²) in [6.07, 6.45) is 3.43. The molecule has 0 N–H and O–H groups in total. The molecule has 2 aromatic rings. The molecule has 0 saturated carbocycles. The van der Waals surface area contributed by atoms with Gasteiger partial charge in [-0.25, -0.2) is 9.37 Å². The minimum absolute atomic E-state index is 0.0736. The molecule has 5 nitrogen and oxygen atoms in total. The second-order valence-corrected chi connectivity index (χ2v) is 7.24. The van der Waals surface area contributed by atoms with Crippen LogP contribution in [0.4, 0.5) is 4.39 Å². The molecule has 0 unspecified atom stereocenters. The Morgan fingerprint density at radius 3 is 3.00 bits per heavy atom. The van der Waals surface area contributed by atoms with Crippen molar-refractivity contribution in [3.8, 4) is 5.88 Å². The average molecular weight is 357 g/mol. The van der Waals surface area contributed by atoms with Gasteiger partial charge in [0.15, 0.2) is 5.82 Å². The van der Waals surface area contributed by atoms with Crippen molar-refractivity contribution in [1.29, 1.82) is 0 Å². The van der Waals surface area contributed by atoms with Gasteiger partial charge in [0.1, 0.15) is 0 Å². The fraction of sp³-hybridized carbons (Fsp3) is 0.500. The van der Waals surface area contributed by atoms with Crippen molar-refractivity contribution < 1.29 is 13.9 Å². The van der Waals surface area contributed by atoms with E-state index in [2.05, 4.69) is 27.0 Å². The van der Waals surface area contributed by atoms with E-state index in [1.165, 1.54) is 6.07 Å². The highest BCUT2D eigenvalue weighted by Gasteiger charge is 2.52. The molecule has 2 aromatic heterocycles. The molecule has 4 rings (SSSR count). The van der Waals surface area contributed by atoms with E-state index in [-0.39, 0.29) is 11.5 Å². The minimum atomic E-state index is -0.412. The number of pyridine rings is 2. The zero-order valence-corrected chi connectivity index (χ0v) is 15.0. The van der Waals surface area contributed by atoms with Crippen LogP contribution in [0.3, 0.4) is 0 Å². The molecular weight excluding hydrogens is 333 g/mol. The third-order valence-electron chi connectivity index (χ3n) is 5.34. The fourth-order valence-corrected chi connectivity index (χ4v) is 4.06. The molecule has 4 heterocycles. The van der Waals surface area contributed by atoms with Gasteiger partial charge in [0.2, 0.25) is 5.88 Å². The topological polar surface area (TPSA) is 47.5 Å². The van der Waals surface area contributed by atoms with E-state index in [1.54, 1.807) is 12.3 Å². The number of hydrogen-bond donors (Lipinski definition) is 0. The summed E-state index contributed by atoms with van der Waals surface area (Å²) in [5, 5.41) is 0. The number of halogens is 1. The van der Waals surface area contributed by atoms with E-state index in [4.69, 9.17) is 9.47 Å². The van der Waals surface area contributed by atoms with Crippen LogP contribution in [0.15, 0.2) is 36.5 Å². The Morgan fingerprint density at radius 2 is 2.19 bits per heavy atom. The molecule has 26 heavy (non-hydrogen) atoms. The summed E-state index contributed by atoms with van der Waals surface area (Å²) in [7, 11) is 0. The number of aromatic nitrogens is 2. The lowest BCUT2D eigenvalue weighted by molar-refractivity contribution is -0.138. The highest BCUT2D eigenvalue weighted by atomic mass is 19.1. The lowest BCUT2D eigenvalue weighted by Gasteiger charge is -2.50. The number of aryl methyl sites for hydroxylation is 1. The lowest BCUT2D eigenvalue weighted by Crippen LogP contribution is -2.64. The lowest BCUT2D eigenvalue weighted by atomic mass is 9.79. The van der Waals surface area contributed by atoms with Crippen LogP contribution in [0.5, 0.6) is 5.88 Å². The molecule has 6 heteroatoms. The molecule has 1 atom stereocenters. The summed E-state index contributed by atoms with van der Waals surface area (Å²) >= 11 is 0. The summed E-state index contributed by atoms with van der Waals surface area (Å²) in [5.74, 6) is 0.113. The quantitative estimate of drug-likeness (QED) is 0.795. The second kappa shape index (κ2) is 7.29. The Kier molecular flexibility index (Phi) is 4.87. The highest BCUT2D eigenvalue weighted by Crippen LogP contribution is 2.42. The third-order valence-corrected chi connectivity index (χ3v) is 5.34. The zero-order chi connectivity index (χ0) is 18.0. The van der Waals surface area contributed by atoms with Crippen LogP contribution in [0.2, 0.25) is 0 Å². The van der Waals surface area contributed by atoms with Crippen LogP contribution >= 0.6 is 0 Å². The molecule has 138 valence electrons. The van der Waals surface area contributed by atoms with E-state index in [0.717, 1.165) is 50.5 Å². The molecule has 2 saturated heterocycles. The van der Waals surface area contributed by atoms with Crippen molar-refractivity contribution in [1.82, 2.24) is 14.9 Å². The Bertz CT molecular complexity index is 764. The summed E-state index contributed by atoms with van der Waals surface area (Å²) in [5.41, 5.74) is 2.07. The van der Waals surface area contributed by atoms with Crippen molar-refractivity contribution in [3.05, 3.63) is 53.7 Å². The summed E-state index contributed by atoms with van der Waals surface area (Å²) in [6.45, 7) is 5.97. The van der Waals surface area contributed by atoms with Gasteiger partial charge in [0.05, 0.1) is 17.9 Å². The Labute approximate surface area is 153 Å². The van der Waals surface area contributed by atoms with Gasteiger partial charge >= 0.3 is 0 Å². The molecule has 2 aliphatic heterocycles. The molecule has 1 spiro atoms. The van der Waals surface area contributed by atoms with Gasteiger partial charge in [0, 0.05) is 38.1 Å².